The third kappa shape index (κ3) is 16.9. The van der Waals surface area contributed by atoms with Gasteiger partial charge in [0.15, 0.2) is 17.7 Å². The molecule has 24 nitrogen and oxygen atoms in total. The highest BCUT2D eigenvalue weighted by Crippen LogP contribution is 2.61. The van der Waals surface area contributed by atoms with Gasteiger partial charge >= 0.3 is 23.5 Å². The van der Waals surface area contributed by atoms with E-state index in [4.69, 9.17) is 19.5 Å². The van der Waals surface area contributed by atoms with E-state index in [9.17, 15) is 57.9 Å². The minimum Gasteiger partial charge on any atom is -0.386 e. The zero-order chi connectivity index (χ0) is 44.0. The topological polar surface area (TPSA) is 364 Å². The molecule has 2 aromatic rings. The molecule has 1 fully saturated rings. The number of carbonyl (C=O) groups excluding carboxylic acids is 3. The van der Waals surface area contributed by atoms with E-state index in [1.807, 2.05) is 6.08 Å². The van der Waals surface area contributed by atoms with E-state index in [1.165, 1.54) is 32.8 Å². The number of hydrogen-bond donors (Lipinski definition) is 9. The molecule has 7 atom stereocenters. The molecule has 28 heteroatoms. The Labute approximate surface area is 343 Å². The standard InChI is InChI=1S/C31H52N7O17P3S/c1-4-5-6-7-8-9-10-11-22(40)59-15-14-33-21(39)12-13-34-29(43)26(42)31(2,3)17-52-58(49,50)55-57(47,48)51-16-20-25(54-56(44,45)46)24(41)30(53-20)38-19-37-23-27(32)35-18-36-28(23)38/h10-11,18-20,24-26,30,41-42H,4-9,12-17H2,1-3H3,(H,33,39)(H,34,43)(H,47,48)(H,49,50)(H2,32,35,36)(H2,44,45,46)/b11-10+/t20-,24-,25-,26?,30-/m1/s1. The van der Waals surface area contributed by atoms with Crippen LogP contribution in [0.4, 0.5) is 5.82 Å². The van der Waals surface area contributed by atoms with Crippen molar-refractivity contribution in [2.24, 2.45) is 5.41 Å². The van der Waals surface area contributed by atoms with Crippen LogP contribution in [0.5, 0.6) is 0 Å². The number of nitrogens with two attached hydrogens (primary N) is 1. The van der Waals surface area contributed by atoms with Crippen LogP contribution in [0.3, 0.4) is 0 Å². The fourth-order valence-corrected chi connectivity index (χ4v) is 8.80. The predicted octanol–water partition coefficient (Wildman–Crippen LogP) is 1.58. The van der Waals surface area contributed by atoms with Crippen molar-refractivity contribution in [3.8, 4) is 0 Å². The number of carbonyl (C=O) groups is 3. The van der Waals surface area contributed by atoms with Crippen molar-refractivity contribution in [1.29, 1.82) is 0 Å². The van der Waals surface area contributed by atoms with Gasteiger partial charge in [-0.25, -0.2) is 28.6 Å². The van der Waals surface area contributed by atoms with Gasteiger partial charge in [-0.2, -0.15) is 4.31 Å². The van der Waals surface area contributed by atoms with Gasteiger partial charge in [-0.1, -0.05) is 64.3 Å². The first kappa shape index (κ1) is 50.7. The summed E-state index contributed by atoms with van der Waals surface area (Å²) in [5.74, 6) is -1.11. The fraction of sp³-hybridized carbons (Fsp3) is 0.677. The lowest BCUT2D eigenvalue weighted by Crippen LogP contribution is -2.46. The highest BCUT2D eigenvalue weighted by molar-refractivity contribution is 8.14. The second-order valence-electron chi connectivity index (χ2n) is 13.8. The average molecular weight is 920 g/mol. The Bertz CT molecular complexity index is 1900. The van der Waals surface area contributed by atoms with Gasteiger partial charge in [0.05, 0.1) is 19.5 Å². The normalized spacial score (nSPS) is 21.3. The van der Waals surface area contributed by atoms with Crippen LogP contribution in [-0.2, 0) is 50.7 Å². The maximum atomic E-state index is 12.7. The molecule has 1 aliphatic rings. The molecule has 0 spiro atoms. The Morgan fingerprint density at radius 1 is 1.03 bits per heavy atom. The van der Waals surface area contributed by atoms with E-state index in [0.717, 1.165) is 54.7 Å². The van der Waals surface area contributed by atoms with Crippen molar-refractivity contribution in [1.82, 2.24) is 30.2 Å². The Kier molecular flexibility index (Phi) is 19.7. The first-order valence-corrected chi connectivity index (χ1v) is 23.8. The molecular formula is C31H52N7O17P3S. The van der Waals surface area contributed by atoms with E-state index in [-0.39, 0.29) is 41.6 Å². The van der Waals surface area contributed by atoms with Gasteiger partial charge in [0.2, 0.25) is 16.9 Å². The first-order chi connectivity index (χ1) is 27.6. The average Bonchev–Trinajstić information content (AvgIpc) is 3.71. The number of aromatic nitrogens is 4. The number of phosphoric acid groups is 3. The molecule has 2 aromatic heterocycles. The quantitative estimate of drug-likeness (QED) is 0.0367. The molecule has 59 heavy (non-hydrogen) atoms. The zero-order valence-electron chi connectivity index (χ0n) is 32.5. The maximum absolute atomic E-state index is 12.7. The molecule has 0 aliphatic carbocycles. The van der Waals surface area contributed by atoms with Crippen LogP contribution in [0, 0.1) is 5.41 Å². The van der Waals surface area contributed by atoms with Crippen LogP contribution in [0.25, 0.3) is 11.2 Å². The summed E-state index contributed by atoms with van der Waals surface area (Å²) in [5, 5.41) is 26.3. The van der Waals surface area contributed by atoms with Crippen LogP contribution >= 0.6 is 35.2 Å². The number of phosphoric ester groups is 3. The van der Waals surface area contributed by atoms with Gasteiger partial charge in [0, 0.05) is 30.7 Å². The Balaban J connectivity index is 1.43. The van der Waals surface area contributed by atoms with Gasteiger partial charge in [0.1, 0.15) is 36.3 Å². The summed E-state index contributed by atoms with van der Waals surface area (Å²) in [6, 6.07) is 0. The lowest BCUT2D eigenvalue weighted by atomic mass is 9.87. The first-order valence-electron chi connectivity index (χ1n) is 18.3. The fourth-order valence-electron chi connectivity index (χ4n) is 5.38. The van der Waals surface area contributed by atoms with E-state index in [2.05, 4.69) is 41.3 Å². The van der Waals surface area contributed by atoms with Crippen LogP contribution in [0.15, 0.2) is 24.8 Å². The minimum atomic E-state index is -5.57. The Morgan fingerprint density at radius 2 is 1.73 bits per heavy atom. The number of rotatable bonds is 26. The molecule has 3 heterocycles. The number of hydrogen-bond acceptors (Lipinski definition) is 18. The number of fused-ring (bicyclic) bond motifs is 1. The second-order valence-corrected chi connectivity index (χ2v) is 19.2. The third-order valence-electron chi connectivity index (χ3n) is 8.47. The number of thioether (sulfide) groups is 1. The molecule has 0 radical (unpaired) electrons. The number of allylic oxidation sites excluding steroid dienone is 1. The minimum absolute atomic E-state index is 0.0313. The van der Waals surface area contributed by atoms with Crippen LogP contribution in [-0.4, -0.2) is 123 Å². The number of nitrogens with zero attached hydrogens (tertiary/aromatic N) is 4. The van der Waals surface area contributed by atoms with Crippen LogP contribution in [0.1, 0.15) is 71.9 Å². The molecule has 1 saturated heterocycles. The monoisotopic (exact) mass is 919 g/mol. The molecule has 0 aromatic carbocycles. The van der Waals surface area contributed by atoms with Gasteiger partial charge < -0.3 is 50.9 Å². The summed E-state index contributed by atoms with van der Waals surface area (Å²) in [7, 11) is -16.4. The maximum Gasteiger partial charge on any atom is 0.481 e. The number of aliphatic hydroxyl groups is 2. The van der Waals surface area contributed by atoms with Gasteiger partial charge in [0.25, 0.3) is 0 Å². The highest BCUT2D eigenvalue weighted by Gasteiger charge is 2.50. The molecule has 10 N–H and O–H groups in total. The lowest BCUT2D eigenvalue weighted by Gasteiger charge is -2.30. The van der Waals surface area contributed by atoms with Crippen molar-refractivity contribution in [2.45, 2.75) is 96.4 Å². The number of nitrogens with one attached hydrogen (secondary N) is 2. The molecule has 3 unspecified atom stereocenters. The summed E-state index contributed by atoms with van der Waals surface area (Å²) < 4.78 is 62.2. The highest BCUT2D eigenvalue weighted by atomic mass is 32.2. The number of anilines is 1. The number of imidazole rings is 1. The summed E-state index contributed by atoms with van der Waals surface area (Å²) >= 11 is 1.06. The molecule has 1 aliphatic heterocycles. The molecule has 0 bridgehead atoms. The Hall–Kier alpha value is -2.70. The van der Waals surface area contributed by atoms with Crippen LogP contribution < -0.4 is 16.4 Å². The number of unbranched alkanes of at least 4 members (excludes halogenated alkanes) is 5. The predicted molar refractivity (Wildman–Crippen MR) is 210 cm³/mol. The molecule has 3 rings (SSSR count). The molecule has 334 valence electrons. The van der Waals surface area contributed by atoms with E-state index in [1.54, 1.807) is 0 Å². The lowest BCUT2D eigenvalue weighted by molar-refractivity contribution is -0.137. The van der Waals surface area contributed by atoms with Crippen molar-refractivity contribution in [3.05, 3.63) is 24.8 Å². The summed E-state index contributed by atoms with van der Waals surface area (Å²) in [4.78, 5) is 87.7. The van der Waals surface area contributed by atoms with Crippen molar-refractivity contribution in [3.63, 3.8) is 0 Å². The second kappa shape index (κ2) is 22.9. The number of ether oxygens (including phenoxy) is 1. The van der Waals surface area contributed by atoms with Gasteiger partial charge in [-0.05, 0) is 18.9 Å². The number of amides is 2. The molecule has 0 saturated carbocycles. The zero-order valence-corrected chi connectivity index (χ0v) is 36.0. The van der Waals surface area contributed by atoms with Crippen molar-refractivity contribution >= 4 is 69.1 Å². The summed E-state index contributed by atoms with van der Waals surface area (Å²) in [5.41, 5.74) is 4.27. The van der Waals surface area contributed by atoms with Gasteiger partial charge in [-0.3, -0.25) is 32.5 Å². The molecular weight excluding hydrogens is 867 g/mol. The van der Waals surface area contributed by atoms with Gasteiger partial charge in [-0.15, -0.1) is 0 Å². The smallest absolute Gasteiger partial charge is 0.386 e. The number of aliphatic hydroxyl groups excluding tert-OH is 2. The molecule has 2 amide bonds. The third-order valence-corrected chi connectivity index (χ3v) is 12.4. The van der Waals surface area contributed by atoms with E-state index >= 15 is 0 Å². The van der Waals surface area contributed by atoms with Crippen molar-refractivity contribution in [2.75, 3.05) is 37.8 Å². The van der Waals surface area contributed by atoms with Crippen LogP contribution in [0.2, 0.25) is 0 Å². The van der Waals surface area contributed by atoms with Crippen molar-refractivity contribution < 1.29 is 80.5 Å². The number of nitrogen functional groups attached to an aromatic ring is 1. The largest absolute Gasteiger partial charge is 0.481 e. The summed E-state index contributed by atoms with van der Waals surface area (Å²) in [6.45, 7) is 2.65. The SMILES string of the molecule is CCCCCCC/C=C/C(=O)SCCNC(=O)CCNC(=O)C(O)C(C)(C)COP(=O)(O)OP(=O)(O)OC[C@H]1O[C@@H](n2cnc3c(N)ncnc32)[C@H](O)[C@@H]1OP(=O)(O)O. The summed E-state index contributed by atoms with van der Waals surface area (Å²) in [6.07, 6.45) is 2.97. The Morgan fingerprint density at radius 3 is 2.42 bits per heavy atom. The van der Waals surface area contributed by atoms with E-state index in [0.29, 0.717) is 5.75 Å². The van der Waals surface area contributed by atoms with E-state index < -0.39 is 84.6 Å².